The van der Waals surface area contributed by atoms with Crippen LogP contribution in [0.4, 0.5) is 15.9 Å². The Hall–Kier alpha value is -2.99. The largest absolute Gasteiger partial charge is 0.340 e. The number of aromatic nitrogens is 4. The predicted octanol–water partition coefficient (Wildman–Crippen LogP) is 4.82. The SMILES string of the molecule is Fc1ccc(Nc2c3c(nc4nc(-c5ccccc5)nn24)CCC3)cc1Cl. The molecule has 0 fully saturated rings. The number of nitrogens with zero attached hydrogens (tertiary/aromatic N) is 4. The van der Waals surface area contributed by atoms with Crippen molar-refractivity contribution in [2.45, 2.75) is 19.3 Å². The minimum atomic E-state index is -0.445. The van der Waals surface area contributed by atoms with Crippen LogP contribution in [0.5, 0.6) is 0 Å². The summed E-state index contributed by atoms with van der Waals surface area (Å²) in [5.41, 5.74) is 3.77. The van der Waals surface area contributed by atoms with Gasteiger partial charge in [-0.3, -0.25) is 0 Å². The standard InChI is InChI=1S/C20H15ClFN5/c21-15-11-13(9-10-16(15)22)23-19-14-7-4-8-17(14)24-20-25-18(26-27(19)20)12-5-2-1-3-6-12/h1-3,5-6,9-11,23H,4,7-8H2. The average molecular weight is 380 g/mol. The normalized spacial score (nSPS) is 13.1. The lowest BCUT2D eigenvalue weighted by Crippen LogP contribution is -2.07. The molecule has 5 rings (SSSR count). The van der Waals surface area contributed by atoms with Gasteiger partial charge in [0.2, 0.25) is 0 Å². The molecule has 0 radical (unpaired) electrons. The number of anilines is 2. The van der Waals surface area contributed by atoms with E-state index < -0.39 is 5.82 Å². The van der Waals surface area contributed by atoms with Gasteiger partial charge in [0.05, 0.1) is 10.7 Å². The molecular formula is C20H15ClFN5. The Morgan fingerprint density at radius 2 is 1.89 bits per heavy atom. The highest BCUT2D eigenvalue weighted by molar-refractivity contribution is 6.31. The van der Waals surface area contributed by atoms with Gasteiger partial charge in [-0.25, -0.2) is 9.37 Å². The van der Waals surface area contributed by atoms with Gasteiger partial charge in [-0.2, -0.15) is 9.50 Å². The molecule has 0 unspecified atom stereocenters. The molecule has 0 aliphatic heterocycles. The molecule has 1 N–H and O–H groups in total. The van der Waals surface area contributed by atoms with E-state index in [4.69, 9.17) is 16.6 Å². The molecule has 0 amide bonds. The molecule has 7 heteroatoms. The van der Waals surface area contributed by atoms with Crippen molar-refractivity contribution in [2.24, 2.45) is 0 Å². The highest BCUT2D eigenvalue weighted by Gasteiger charge is 2.22. The fraction of sp³-hybridized carbons (Fsp3) is 0.150. The maximum Gasteiger partial charge on any atom is 0.254 e. The molecule has 134 valence electrons. The van der Waals surface area contributed by atoms with Gasteiger partial charge in [0.25, 0.3) is 5.78 Å². The summed E-state index contributed by atoms with van der Waals surface area (Å²) in [4.78, 5) is 9.31. The van der Waals surface area contributed by atoms with Crippen LogP contribution in [0.2, 0.25) is 5.02 Å². The maximum absolute atomic E-state index is 13.5. The fourth-order valence-corrected chi connectivity index (χ4v) is 3.61. The van der Waals surface area contributed by atoms with Gasteiger partial charge in [-0.05, 0) is 37.5 Å². The van der Waals surface area contributed by atoms with E-state index in [1.165, 1.54) is 6.07 Å². The fourth-order valence-electron chi connectivity index (χ4n) is 3.43. The summed E-state index contributed by atoms with van der Waals surface area (Å²) in [5.74, 6) is 1.53. The van der Waals surface area contributed by atoms with Crippen molar-refractivity contribution in [3.63, 3.8) is 0 Å². The van der Waals surface area contributed by atoms with Crippen LogP contribution in [0.25, 0.3) is 17.2 Å². The number of rotatable bonds is 3. The topological polar surface area (TPSA) is 55.1 Å². The first-order valence-corrected chi connectivity index (χ1v) is 9.13. The van der Waals surface area contributed by atoms with Crippen molar-refractivity contribution in [2.75, 3.05) is 5.32 Å². The second-order valence-electron chi connectivity index (χ2n) is 6.51. The highest BCUT2D eigenvalue weighted by Crippen LogP contribution is 2.32. The Bertz CT molecular complexity index is 1160. The molecule has 0 atom stereocenters. The molecule has 1 aliphatic carbocycles. The minimum absolute atomic E-state index is 0.0745. The number of benzene rings is 2. The van der Waals surface area contributed by atoms with Gasteiger partial charge >= 0.3 is 0 Å². The van der Waals surface area contributed by atoms with Crippen LogP contribution >= 0.6 is 11.6 Å². The summed E-state index contributed by atoms with van der Waals surface area (Å²) in [6, 6.07) is 14.4. The first kappa shape index (κ1) is 16.2. The Balaban J connectivity index is 1.67. The lowest BCUT2D eigenvalue weighted by molar-refractivity contribution is 0.628. The van der Waals surface area contributed by atoms with Crippen LogP contribution < -0.4 is 5.32 Å². The summed E-state index contributed by atoms with van der Waals surface area (Å²) >= 11 is 5.94. The molecule has 2 aromatic heterocycles. The van der Waals surface area contributed by atoms with Crippen LogP contribution in [0.15, 0.2) is 48.5 Å². The lowest BCUT2D eigenvalue weighted by Gasteiger charge is -2.12. The van der Waals surface area contributed by atoms with Crippen molar-refractivity contribution in [3.8, 4) is 11.4 Å². The number of nitrogens with one attached hydrogen (secondary N) is 1. The van der Waals surface area contributed by atoms with Crippen molar-refractivity contribution in [1.82, 2.24) is 19.6 Å². The van der Waals surface area contributed by atoms with Gasteiger partial charge < -0.3 is 5.32 Å². The summed E-state index contributed by atoms with van der Waals surface area (Å²) in [7, 11) is 0. The van der Waals surface area contributed by atoms with Crippen LogP contribution in [0, 0.1) is 5.82 Å². The summed E-state index contributed by atoms with van der Waals surface area (Å²) in [6.45, 7) is 0. The number of aryl methyl sites for hydroxylation is 1. The molecule has 2 heterocycles. The lowest BCUT2D eigenvalue weighted by atomic mass is 10.2. The average Bonchev–Trinajstić information content (AvgIpc) is 3.32. The van der Waals surface area contributed by atoms with Crippen LogP contribution in [0.1, 0.15) is 17.7 Å². The van der Waals surface area contributed by atoms with Gasteiger partial charge in [0.15, 0.2) is 5.82 Å². The second-order valence-corrected chi connectivity index (χ2v) is 6.91. The van der Waals surface area contributed by atoms with E-state index in [2.05, 4.69) is 15.4 Å². The van der Waals surface area contributed by atoms with Crippen molar-refractivity contribution >= 4 is 28.9 Å². The zero-order chi connectivity index (χ0) is 18.4. The Labute approximate surface area is 159 Å². The predicted molar refractivity (Wildman–Crippen MR) is 103 cm³/mol. The molecule has 27 heavy (non-hydrogen) atoms. The Morgan fingerprint density at radius 3 is 2.70 bits per heavy atom. The van der Waals surface area contributed by atoms with Gasteiger partial charge in [-0.1, -0.05) is 41.9 Å². The third-order valence-corrected chi connectivity index (χ3v) is 5.02. The van der Waals surface area contributed by atoms with E-state index in [1.54, 1.807) is 16.6 Å². The van der Waals surface area contributed by atoms with E-state index in [9.17, 15) is 4.39 Å². The van der Waals surface area contributed by atoms with Crippen molar-refractivity contribution in [3.05, 3.63) is 70.6 Å². The molecule has 1 aliphatic rings. The molecule has 0 saturated heterocycles. The molecular weight excluding hydrogens is 365 g/mol. The minimum Gasteiger partial charge on any atom is -0.340 e. The molecule has 0 bridgehead atoms. The van der Waals surface area contributed by atoms with E-state index in [1.807, 2.05) is 30.3 Å². The maximum atomic E-state index is 13.5. The first-order valence-electron chi connectivity index (χ1n) is 8.75. The monoisotopic (exact) mass is 379 g/mol. The quantitative estimate of drug-likeness (QED) is 0.554. The van der Waals surface area contributed by atoms with Crippen LogP contribution in [-0.4, -0.2) is 19.6 Å². The molecule has 0 spiro atoms. The van der Waals surface area contributed by atoms with Gasteiger partial charge in [0, 0.05) is 16.8 Å². The third kappa shape index (κ3) is 2.82. The molecule has 5 nitrogen and oxygen atoms in total. The van der Waals surface area contributed by atoms with E-state index in [-0.39, 0.29) is 5.02 Å². The zero-order valence-electron chi connectivity index (χ0n) is 14.3. The Morgan fingerprint density at radius 1 is 1.04 bits per heavy atom. The molecule has 2 aromatic carbocycles. The zero-order valence-corrected chi connectivity index (χ0v) is 15.0. The Kier molecular flexibility index (Phi) is 3.79. The van der Waals surface area contributed by atoms with Crippen molar-refractivity contribution in [1.29, 1.82) is 0 Å². The number of fused-ring (bicyclic) bond motifs is 2. The number of hydrogen-bond donors (Lipinski definition) is 1. The summed E-state index contributed by atoms with van der Waals surface area (Å²) in [5, 5.41) is 8.09. The smallest absolute Gasteiger partial charge is 0.254 e. The number of halogens is 2. The highest BCUT2D eigenvalue weighted by atomic mass is 35.5. The number of hydrogen-bond acceptors (Lipinski definition) is 4. The van der Waals surface area contributed by atoms with E-state index in [0.717, 1.165) is 41.9 Å². The first-order chi connectivity index (χ1) is 13.2. The summed E-state index contributed by atoms with van der Waals surface area (Å²) in [6.07, 6.45) is 2.87. The van der Waals surface area contributed by atoms with Crippen LogP contribution in [0.3, 0.4) is 0 Å². The van der Waals surface area contributed by atoms with Gasteiger partial charge in [-0.15, -0.1) is 5.10 Å². The van der Waals surface area contributed by atoms with Gasteiger partial charge in [0.1, 0.15) is 11.6 Å². The van der Waals surface area contributed by atoms with E-state index in [0.29, 0.717) is 17.3 Å². The van der Waals surface area contributed by atoms with Crippen LogP contribution in [-0.2, 0) is 12.8 Å². The van der Waals surface area contributed by atoms with Crippen molar-refractivity contribution < 1.29 is 4.39 Å². The molecule has 4 aromatic rings. The van der Waals surface area contributed by atoms with E-state index >= 15 is 0 Å². The third-order valence-electron chi connectivity index (χ3n) is 4.73. The summed E-state index contributed by atoms with van der Waals surface area (Å²) < 4.78 is 15.2. The second kappa shape index (κ2) is 6.32. The molecule has 0 saturated carbocycles.